The molecule has 0 saturated carbocycles. The highest BCUT2D eigenvalue weighted by atomic mass is 32.2. The second-order valence-corrected chi connectivity index (χ2v) is 5.60. The molecule has 1 unspecified atom stereocenters. The lowest BCUT2D eigenvalue weighted by atomic mass is 9.94. The molecule has 21 heavy (non-hydrogen) atoms. The van der Waals surface area contributed by atoms with Crippen LogP contribution in [0.4, 0.5) is 0 Å². The summed E-state index contributed by atoms with van der Waals surface area (Å²) in [6.45, 7) is 1.36. The SMILES string of the molecule is COC(=O)C1Cc2ccccc2CN1CCCO[SH](=O)=O. The zero-order valence-electron chi connectivity index (χ0n) is 11.9. The van der Waals surface area contributed by atoms with E-state index in [1.165, 1.54) is 12.7 Å². The monoisotopic (exact) mass is 313 g/mol. The molecule has 6 nitrogen and oxygen atoms in total. The van der Waals surface area contributed by atoms with E-state index in [0.29, 0.717) is 25.9 Å². The van der Waals surface area contributed by atoms with Crippen molar-refractivity contribution in [3.63, 3.8) is 0 Å². The topological polar surface area (TPSA) is 72.9 Å². The molecule has 0 saturated heterocycles. The second-order valence-electron chi connectivity index (χ2n) is 4.89. The van der Waals surface area contributed by atoms with Crippen LogP contribution in [0, 0.1) is 0 Å². The number of fused-ring (bicyclic) bond motifs is 1. The van der Waals surface area contributed by atoms with Crippen molar-refractivity contribution in [2.24, 2.45) is 0 Å². The molecular weight excluding hydrogens is 294 g/mol. The Morgan fingerprint density at radius 3 is 2.71 bits per heavy atom. The molecule has 0 amide bonds. The smallest absolute Gasteiger partial charge is 0.323 e. The van der Waals surface area contributed by atoms with Crippen LogP contribution in [0.15, 0.2) is 24.3 Å². The molecule has 0 N–H and O–H groups in total. The molecule has 0 bridgehead atoms. The van der Waals surface area contributed by atoms with E-state index in [2.05, 4.69) is 4.18 Å². The van der Waals surface area contributed by atoms with Crippen LogP contribution in [0.5, 0.6) is 0 Å². The zero-order valence-corrected chi connectivity index (χ0v) is 12.8. The minimum Gasteiger partial charge on any atom is -0.468 e. The number of esters is 1. The largest absolute Gasteiger partial charge is 0.468 e. The van der Waals surface area contributed by atoms with Crippen LogP contribution in [0.1, 0.15) is 17.5 Å². The van der Waals surface area contributed by atoms with E-state index in [-0.39, 0.29) is 18.6 Å². The first kappa shape index (κ1) is 15.9. The van der Waals surface area contributed by atoms with Crippen LogP contribution in [0.2, 0.25) is 0 Å². The Kier molecular flexibility index (Phi) is 5.72. The molecular formula is C14H19NO5S. The minimum absolute atomic E-state index is 0.130. The van der Waals surface area contributed by atoms with Gasteiger partial charge in [0, 0.05) is 13.1 Å². The first-order valence-corrected chi connectivity index (χ1v) is 7.87. The van der Waals surface area contributed by atoms with Gasteiger partial charge in [0.2, 0.25) is 0 Å². The van der Waals surface area contributed by atoms with E-state index < -0.39 is 11.0 Å². The summed E-state index contributed by atoms with van der Waals surface area (Å²) in [4.78, 5) is 13.9. The highest BCUT2D eigenvalue weighted by Crippen LogP contribution is 2.24. The van der Waals surface area contributed by atoms with Crippen molar-refractivity contribution >= 4 is 17.0 Å². The van der Waals surface area contributed by atoms with Gasteiger partial charge in [-0.15, -0.1) is 0 Å². The number of ether oxygens (including phenoxy) is 1. The fourth-order valence-corrected chi connectivity index (χ4v) is 2.87. The minimum atomic E-state index is -2.81. The molecule has 2 rings (SSSR count). The molecule has 0 fully saturated rings. The van der Waals surface area contributed by atoms with E-state index >= 15 is 0 Å². The van der Waals surface area contributed by atoms with Crippen molar-refractivity contribution in [2.45, 2.75) is 25.4 Å². The number of carbonyl (C=O) groups is 1. The quantitative estimate of drug-likeness (QED) is 0.469. The standard InChI is InChI=1S/C14H19NO5S/c1-19-14(16)13-9-11-5-2-3-6-12(11)10-15(13)7-4-8-20-21(17)18/h2-3,5-6,13,21H,4,7-10H2,1H3. The Labute approximate surface area is 125 Å². The maximum absolute atomic E-state index is 11.9. The van der Waals surface area contributed by atoms with Gasteiger partial charge >= 0.3 is 5.97 Å². The number of methoxy groups -OCH3 is 1. The van der Waals surface area contributed by atoms with Gasteiger partial charge in [-0.25, -0.2) is 8.42 Å². The van der Waals surface area contributed by atoms with Crippen LogP contribution in [-0.2, 0) is 37.7 Å². The lowest BCUT2D eigenvalue weighted by Gasteiger charge is -2.35. The highest BCUT2D eigenvalue weighted by molar-refractivity contribution is 7.67. The average Bonchev–Trinajstić information content (AvgIpc) is 2.49. The Balaban J connectivity index is 2.04. The molecule has 1 aliphatic rings. The van der Waals surface area contributed by atoms with Crippen molar-refractivity contribution < 1.29 is 22.1 Å². The molecule has 1 aliphatic heterocycles. The van der Waals surface area contributed by atoms with Gasteiger partial charge in [-0.3, -0.25) is 13.9 Å². The van der Waals surface area contributed by atoms with E-state index in [4.69, 9.17) is 4.74 Å². The molecule has 7 heteroatoms. The van der Waals surface area contributed by atoms with Crippen LogP contribution in [0.25, 0.3) is 0 Å². The summed E-state index contributed by atoms with van der Waals surface area (Å²) < 4.78 is 30.1. The molecule has 1 aromatic rings. The molecule has 1 heterocycles. The zero-order chi connectivity index (χ0) is 15.2. The Bertz CT molecular complexity index is 564. The van der Waals surface area contributed by atoms with Crippen molar-refractivity contribution in [3.8, 4) is 0 Å². The van der Waals surface area contributed by atoms with Crippen LogP contribution >= 0.6 is 0 Å². The fourth-order valence-electron chi connectivity index (χ4n) is 2.59. The summed E-state index contributed by atoms with van der Waals surface area (Å²) in [5.74, 6) is -0.264. The molecule has 1 aromatic carbocycles. The van der Waals surface area contributed by atoms with Gasteiger partial charge < -0.3 is 4.74 Å². The summed E-state index contributed by atoms with van der Waals surface area (Å²) in [7, 11) is -1.43. The normalized spacial score (nSPS) is 18.5. The number of rotatable bonds is 6. The summed E-state index contributed by atoms with van der Waals surface area (Å²) in [6.07, 6.45) is 1.15. The van der Waals surface area contributed by atoms with E-state index in [1.54, 1.807) is 0 Å². The van der Waals surface area contributed by atoms with Crippen LogP contribution < -0.4 is 0 Å². The van der Waals surface area contributed by atoms with Gasteiger partial charge in [0.15, 0.2) is 0 Å². The van der Waals surface area contributed by atoms with E-state index in [9.17, 15) is 13.2 Å². The summed E-state index contributed by atoms with van der Waals surface area (Å²) >= 11 is 0. The highest BCUT2D eigenvalue weighted by Gasteiger charge is 2.31. The molecule has 0 aromatic heterocycles. The van der Waals surface area contributed by atoms with E-state index in [0.717, 1.165) is 5.56 Å². The van der Waals surface area contributed by atoms with Gasteiger partial charge in [0.25, 0.3) is 11.0 Å². The predicted molar refractivity (Wildman–Crippen MR) is 77.2 cm³/mol. The van der Waals surface area contributed by atoms with Gasteiger partial charge in [0.1, 0.15) is 6.04 Å². The van der Waals surface area contributed by atoms with Gasteiger partial charge in [-0.1, -0.05) is 24.3 Å². The van der Waals surface area contributed by atoms with E-state index in [1.807, 2.05) is 29.2 Å². The lowest BCUT2D eigenvalue weighted by molar-refractivity contribution is -0.147. The molecule has 0 spiro atoms. The average molecular weight is 313 g/mol. The molecule has 0 aliphatic carbocycles. The molecule has 116 valence electrons. The third kappa shape index (κ3) is 4.26. The molecule has 0 radical (unpaired) electrons. The van der Waals surface area contributed by atoms with Gasteiger partial charge in [0.05, 0.1) is 13.7 Å². The summed E-state index contributed by atoms with van der Waals surface area (Å²) in [6, 6.07) is 7.67. The Morgan fingerprint density at radius 2 is 2.05 bits per heavy atom. The fraction of sp³-hybridized carbons (Fsp3) is 0.500. The van der Waals surface area contributed by atoms with Crippen LogP contribution in [0.3, 0.4) is 0 Å². The maximum Gasteiger partial charge on any atom is 0.323 e. The third-order valence-electron chi connectivity index (χ3n) is 3.61. The Morgan fingerprint density at radius 1 is 1.33 bits per heavy atom. The number of nitrogens with zero attached hydrogens (tertiary/aromatic N) is 1. The number of hydrogen-bond donors (Lipinski definition) is 1. The maximum atomic E-state index is 11.9. The first-order valence-electron chi connectivity index (χ1n) is 6.77. The number of hydrogen-bond acceptors (Lipinski definition) is 6. The number of thiol groups is 1. The van der Waals surface area contributed by atoms with Gasteiger partial charge in [-0.2, -0.15) is 0 Å². The Hall–Kier alpha value is -1.44. The molecule has 1 atom stereocenters. The number of benzene rings is 1. The van der Waals surface area contributed by atoms with Crippen molar-refractivity contribution in [1.29, 1.82) is 0 Å². The summed E-state index contributed by atoms with van der Waals surface area (Å²) in [5, 5.41) is 0. The van der Waals surface area contributed by atoms with Crippen molar-refractivity contribution in [1.82, 2.24) is 4.90 Å². The van der Waals surface area contributed by atoms with Crippen molar-refractivity contribution in [3.05, 3.63) is 35.4 Å². The van der Waals surface area contributed by atoms with Crippen LogP contribution in [-0.4, -0.2) is 45.6 Å². The lowest BCUT2D eigenvalue weighted by Crippen LogP contribution is -2.46. The first-order chi connectivity index (χ1) is 10.1. The van der Waals surface area contributed by atoms with Crippen molar-refractivity contribution in [2.75, 3.05) is 20.3 Å². The number of carbonyl (C=O) groups excluding carboxylic acids is 1. The second kappa shape index (κ2) is 7.53. The predicted octanol–water partition coefficient (Wildman–Crippen LogP) is 0.519. The third-order valence-corrected chi connectivity index (χ3v) is 4.00. The van der Waals surface area contributed by atoms with Gasteiger partial charge in [-0.05, 0) is 24.0 Å². The summed E-state index contributed by atoms with van der Waals surface area (Å²) in [5.41, 5.74) is 2.34.